The van der Waals surface area contributed by atoms with Gasteiger partial charge in [0.25, 0.3) is 5.91 Å². The molecular weight excluding hydrogens is 426 g/mol. The van der Waals surface area contributed by atoms with Gasteiger partial charge < -0.3 is 5.32 Å². The Morgan fingerprint density at radius 2 is 1.91 bits per heavy atom. The molecule has 5 rings (SSSR count). The molecule has 4 heterocycles. The minimum absolute atomic E-state index is 0.120. The molecule has 8 heteroatoms. The second kappa shape index (κ2) is 8.90. The summed E-state index contributed by atoms with van der Waals surface area (Å²) in [5.41, 5.74) is 5.02. The van der Waals surface area contributed by atoms with Gasteiger partial charge in [-0.25, -0.2) is 19.6 Å². The Morgan fingerprint density at radius 3 is 2.59 bits per heavy atom. The number of fused-ring (bicyclic) bond motifs is 1. The quantitative estimate of drug-likeness (QED) is 0.411. The summed E-state index contributed by atoms with van der Waals surface area (Å²) < 4.78 is 3.68. The van der Waals surface area contributed by atoms with Gasteiger partial charge in [0.2, 0.25) is 0 Å². The summed E-state index contributed by atoms with van der Waals surface area (Å²) in [4.78, 5) is 26.6. The number of nitrogens with zero attached hydrogens (tertiary/aromatic N) is 6. The third-order valence-corrected chi connectivity index (χ3v) is 5.68. The lowest BCUT2D eigenvalue weighted by Gasteiger charge is -2.11. The van der Waals surface area contributed by atoms with E-state index in [9.17, 15) is 4.79 Å². The number of hydrogen-bond acceptors (Lipinski definition) is 5. The van der Waals surface area contributed by atoms with Crippen LogP contribution in [-0.2, 0) is 6.54 Å². The van der Waals surface area contributed by atoms with Crippen LogP contribution in [0, 0.1) is 6.92 Å². The highest BCUT2D eigenvalue weighted by Crippen LogP contribution is 2.26. The predicted octanol–water partition coefficient (Wildman–Crippen LogP) is 4.50. The summed E-state index contributed by atoms with van der Waals surface area (Å²) in [6.07, 6.45) is 8.71. The molecule has 0 atom stereocenters. The highest BCUT2D eigenvalue weighted by Gasteiger charge is 2.18. The van der Waals surface area contributed by atoms with E-state index in [-0.39, 0.29) is 11.9 Å². The van der Waals surface area contributed by atoms with Crippen molar-refractivity contribution in [1.82, 2.24) is 34.6 Å². The van der Waals surface area contributed by atoms with E-state index in [0.29, 0.717) is 17.8 Å². The molecule has 0 aliphatic heterocycles. The van der Waals surface area contributed by atoms with Gasteiger partial charge in [-0.2, -0.15) is 5.10 Å². The van der Waals surface area contributed by atoms with Crippen molar-refractivity contribution in [1.29, 1.82) is 0 Å². The van der Waals surface area contributed by atoms with Crippen LogP contribution in [0.3, 0.4) is 0 Å². The van der Waals surface area contributed by atoms with E-state index in [1.807, 2.05) is 78.7 Å². The van der Waals surface area contributed by atoms with E-state index >= 15 is 0 Å². The molecule has 4 aromatic heterocycles. The summed E-state index contributed by atoms with van der Waals surface area (Å²) in [7, 11) is 0. The molecular formula is C26H25N7O. The maximum atomic E-state index is 13.3. The zero-order valence-corrected chi connectivity index (χ0v) is 19.3. The van der Waals surface area contributed by atoms with Crippen molar-refractivity contribution >= 4 is 16.9 Å². The molecule has 0 radical (unpaired) electrons. The topological polar surface area (TPSA) is 90.5 Å². The summed E-state index contributed by atoms with van der Waals surface area (Å²) in [5, 5.41) is 8.25. The molecule has 0 bridgehead atoms. The monoisotopic (exact) mass is 451 g/mol. The molecule has 1 aromatic carbocycles. The fraction of sp³-hybridized carbons (Fsp3) is 0.192. The third kappa shape index (κ3) is 4.17. The molecule has 0 saturated heterocycles. The van der Waals surface area contributed by atoms with Crippen molar-refractivity contribution in [2.45, 2.75) is 33.4 Å². The molecule has 1 amide bonds. The first-order valence-electron chi connectivity index (χ1n) is 11.2. The average molecular weight is 452 g/mol. The Hall–Kier alpha value is -4.33. The number of amides is 1. The Balaban J connectivity index is 1.44. The van der Waals surface area contributed by atoms with Gasteiger partial charge in [-0.05, 0) is 38.5 Å². The molecule has 8 nitrogen and oxygen atoms in total. The molecule has 0 saturated carbocycles. The number of imidazole rings is 1. The SMILES string of the molecule is Cc1ccc(-c2cc(C(=O)NCc3ccc(-n4ccnc4)nc3)c3cnn(C(C)C)c3n2)cc1. The minimum atomic E-state index is -0.178. The lowest BCUT2D eigenvalue weighted by atomic mass is 10.0. The van der Waals surface area contributed by atoms with Crippen molar-refractivity contribution in [3.8, 4) is 17.1 Å². The maximum Gasteiger partial charge on any atom is 0.252 e. The summed E-state index contributed by atoms with van der Waals surface area (Å²) in [6.45, 7) is 6.50. The first-order chi connectivity index (χ1) is 16.5. The summed E-state index contributed by atoms with van der Waals surface area (Å²) in [6, 6.07) is 13.9. The molecule has 0 fully saturated rings. The van der Waals surface area contributed by atoms with Crippen molar-refractivity contribution in [3.05, 3.63) is 90.3 Å². The highest BCUT2D eigenvalue weighted by atomic mass is 16.1. The van der Waals surface area contributed by atoms with E-state index in [1.165, 1.54) is 5.56 Å². The summed E-state index contributed by atoms with van der Waals surface area (Å²) >= 11 is 0. The van der Waals surface area contributed by atoms with E-state index in [4.69, 9.17) is 4.98 Å². The smallest absolute Gasteiger partial charge is 0.252 e. The van der Waals surface area contributed by atoms with Gasteiger partial charge in [0.15, 0.2) is 5.65 Å². The second-order valence-corrected chi connectivity index (χ2v) is 8.52. The predicted molar refractivity (Wildman–Crippen MR) is 131 cm³/mol. The van der Waals surface area contributed by atoms with Gasteiger partial charge in [0.05, 0.1) is 22.8 Å². The number of carbonyl (C=O) groups is 1. The Labute approximate surface area is 197 Å². The Bertz CT molecular complexity index is 1430. The van der Waals surface area contributed by atoms with Crippen LogP contribution >= 0.6 is 0 Å². The molecule has 0 spiro atoms. The highest BCUT2D eigenvalue weighted by molar-refractivity contribution is 6.06. The molecule has 1 N–H and O–H groups in total. The van der Waals surface area contributed by atoms with Crippen molar-refractivity contribution in [2.24, 2.45) is 0 Å². The van der Waals surface area contributed by atoms with E-state index < -0.39 is 0 Å². The molecule has 0 unspecified atom stereocenters. The van der Waals surface area contributed by atoms with Crippen LogP contribution in [0.2, 0.25) is 0 Å². The number of rotatable bonds is 6. The number of aromatic nitrogens is 6. The van der Waals surface area contributed by atoms with Crippen molar-refractivity contribution in [2.75, 3.05) is 0 Å². The number of hydrogen-bond donors (Lipinski definition) is 1. The van der Waals surface area contributed by atoms with Crippen LogP contribution in [0.1, 0.15) is 41.4 Å². The molecule has 34 heavy (non-hydrogen) atoms. The first-order valence-corrected chi connectivity index (χ1v) is 11.2. The average Bonchev–Trinajstić information content (AvgIpc) is 3.53. The first kappa shape index (κ1) is 21.5. The van der Waals surface area contributed by atoms with Gasteiger partial charge in [-0.1, -0.05) is 35.9 Å². The van der Waals surface area contributed by atoms with Crippen LogP contribution in [0.15, 0.2) is 73.6 Å². The Kier molecular flexibility index (Phi) is 5.63. The van der Waals surface area contributed by atoms with Crippen LogP contribution in [0.5, 0.6) is 0 Å². The van der Waals surface area contributed by atoms with Crippen LogP contribution < -0.4 is 5.32 Å². The zero-order valence-electron chi connectivity index (χ0n) is 19.3. The zero-order chi connectivity index (χ0) is 23.7. The van der Waals surface area contributed by atoms with E-state index in [0.717, 1.165) is 28.0 Å². The number of carbonyl (C=O) groups excluding carboxylic acids is 1. The number of aryl methyl sites for hydroxylation is 1. The van der Waals surface area contributed by atoms with Gasteiger partial charge >= 0.3 is 0 Å². The Morgan fingerprint density at radius 1 is 1.09 bits per heavy atom. The van der Waals surface area contributed by atoms with Crippen LogP contribution in [-0.4, -0.2) is 35.2 Å². The molecule has 0 aliphatic rings. The normalized spacial score (nSPS) is 11.3. The number of benzene rings is 1. The number of pyridine rings is 2. The largest absolute Gasteiger partial charge is 0.348 e. The van der Waals surface area contributed by atoms with E-state index in [2.05, 4.69) is 20.4 Å². The fourth-order valence-electron chi connectivity index (χ4n) is 3.80. The van der Waals surface area contributed by atoms with Crippen molar-refractivity contribution in [3.63, 3.8) is 0 Å². The van der Waals surface area contributed by atoms with Crippen LogP contribution in [0.4, 0.5) is 0 Å². The van der Waals surface area contributed by atoms with E-state index in [1.54, 1.807) is 24.9 Å². The standard InChI is InChI=1S/C26H25N7O/c1-17(2)33-25-22(15-30-33)21(12-23(31-25)20-7-4-18(3)5-8-20)26(34)29-14-19-6-9-24(28-13-19)32-11-10-27-16-32/h4-13,15-17H,14H2,1-3H3,(H,29,34). The lowest BCUT2D eigenvalue weighted by molar-refractivity contribution is 0.0952. The van der Waals surface area contributed by atoms with Crippen molar-refractivity contribution < 1.29 is 4.79 Å². The fourth-order valence-corrected chi connectivity index (χ4v) is 3.80. The van der Waals surface area contributed by atoms with Gasteiger partial charge in [-0.3, -0.25) is 9.36 Å². The molecule has 170 valence electrons. The third-order valence-electron chi connectivity index (χ3n) is 5.68. The lowest BCUT2D eigenvalue weighted by Crippen LogP contribution is -2.23. The van der Waals surface area contributed by atoms with Crippen LogP contribution in [0.25, 0.3) is 28.1 Å². The maximum absolute atomic E-state index is 13.3. The van der Waals surface area contributed by atoms with Gasteiger partial charge in [-0.15, -0.1) is 0 Å². The summed E-state index contributed by atoms with van der Waals surface area (Å²) in [5.74, 6) is 0.593. The molecule has 0 aliphatic carbocycles. The molecule has 5 aromatic rings. The second-order valence-electron chi connectivity index (χ2n) is 8.52. The van der Waals surface area contributed by atoms with Gasteiger partial charge in [0.1, 0.15) is 12.1 Å². The minimum Gasteiger partial charge on any atom is -0.348 e. The van der Waals surface area contributed by atoms with Gasteiger partial charge in [0, 0.05) is 36.7 Å². The number of nitrogens with one attached hydrogen (secondary N) is 1.